The number of halogens is 1. The molecule has 162 valence electrons. The smallest absolute Gasteiger partial charge is 0.257 e. The third kappa shape index (κ3) is 4.26. The van der Waals surface area contributed by atoms with E-state index in [2.05, 4.69) is 11.0 Å². The maximum absolute atomic E-state index is 13.7. The van der Waals surface area contributed by atoms with Gasteiger partial charge < -0.3 is 9.80 Å². The van der Waals surface area contributed by atoms with Crippen molar-refractivity contribution in [1.29, 1.82) is 0 Å². The van der Waals surface area contributed by atoms with Crippen molar-refractivity contribution in [2.75, 3.05) is 20.1 Å². The van der Waals surface area contributed by atoms with E-state index in [-0.39, 0.29) is 23.4 Å². The van der Waals surface area contributed by atoms with Crippen LogP contribution in [0.4, 0.5) is 4.39 Å². The van der Waals surface area contributed by atoms with E-state index in [4.69, 9.17) is 6.42 Å². The Bertz CT molecular complexity index is 1210. The number of hydrogen-bond donors (Lipinski definition) is 0. The summed E-state index contributed by atoms with van der Waals surface area (Å²) < 4.78 is 15.5. The van der Waals surface area contributed by atoms with Crippen molar-refractivity contribution in [3.05, 3.63) is 88.5 Å². The number of rotatable bonds is 5. The Morgan fingerprint density at radius 1 is 1.22 bits per heavy atom. The van der Waals surface area contributed by atoms with Crippen LogP contribution in [-0.4, -0.2) is 57.6 Å². The zero-order valence-corrected chi connectivity index (χ0v) is 18.0. The summed E-state index contributed by atoms with van der Waals surface area (Å²) in [6.07, 6.45) is 7.10. The molecular weight excluding hydrogens is 407 g/mol. The second-order valence-corrected chi connectivity index (χ2v) is 7.96. The lowest BCUT2D eigenvalue weighted by Gasteiger charge is -2.43. The molecule has 6 nitrogen and oxygen atoms in total. The molecule has 32 heavy (non-hydrogen) atoms. The third-order valence-electron chi connectivity index (χ3n) is 5.69. The van der Waals surface area contributed by atoms with E-state index in [0.29, 0.717) is 36.5 Å². The van der Waals surface area contributed by atoms with Crippen molar-refractivity contribution in [3.63, 3.8) is 0 Å². The fourth-order valence-electron chi connectivity index (χ4n) is 3.78. The minimum absolute atomic E-state index is 0.112. The van der Waals surface area contributed by atoms with Gasteiger partial charge in [0.15, 0.2) is 0 Å². The monoisotopic (exact) mass is 430 g/mol. The highest BCUT2D eigenvalue weighted by molar-refractivity contribution is 5.97. The molecule has 0 saturated carbocycles. The van der Waals surface area contributed by atoms with E-state index in [1.54, 1.807) is 22.8 Å². The molecule has 3 aromatic rings. The van der Waals surface area contributed by atoms with Crippen molar-refractivity contribution in [3.8, 4) is 12.3 Å². The van der Waals surface area contributed by atoms with Gasteiger partial charge in [-0.2, -0.15) is 5.10 Å². The molecule has 2 amide bonds. The first kappa shape index (κ1) is 21.3. The fraction of sp³-hybridized carbons (Fsp3) is 0.240. The maximum atomic E-state index is 13.7. The normalized spacial score (nSPS) is 13.4. The Labute approximate surface area is 186 Å². The van der Waals surface area contributed by atoms with Crippen molar-refractivity contribution >= 4 is 11.8 Å². The van der Waals surface area contributed by atoms with Crippen LogP contribution < -0.4 is 0 Å². The number of aryl methyl sites for hydroxylation is 1. The lowest BCUT2D eigenvalue weighted by atomic mass is 10.0. The molecular formula is C25H23FN4O2. The first-order valence-corrected chi connectivity index (χ1v) is 10.3. The zero-order valence-electron chi connectivity index (χ0n) is 18.0. The SMILES string of the molecule is C#Cc1cc(F)cc(C(=O)N(C)C2CN(C(=O)c3cn(Cc4ccccc4)nc3C)C2)c1. The molecule has 0 spiro atoms. The lowest BCUT2D eigenvalue weighted by Crippen LogP contribution is -2.61. The van der Waals surface area contributed by atoms with E-state index < -0.39 is 5.82 Å². The highest BCUT2D eigenvalue weighted by atomic mass is 19.1. The predicted octanol–water partition coefficient (Wildman–Crippen LogP) is 2.96. The molecule has 1 aromatic heterocycles. The Morgan fingerprint density at radius 2 is 1.94 bits per heavy atom. The number of aromatic nitrogens is 2. The van der Waals surface area contributed by atoms with Gasteiger partial charge in [0.25, 0.3) is 11.8 Å². The molecule has 0 N–H and O–H groups in total. The Morgan fingerprint density at radius 3 is 2.62 bits per heavy atom. The molecule has 0 aliphatic carbocycles. The topological polar surface area (TPSA) is 58.4 Å². The van der Waals surface area contributed by atoms with Crippen LogP contribution in [0.25, 0.3) is 0 Å². The van der Waals surface area contributed by atoms with Gasteiger partial charge in [-0.05, 0) is 30.7 Å². The largest absolute Gasteiger partial charge is 0.335 e. The Hall–Kier alpha value is -3.92. The summed E-state index contributed by atoms with van der Waals surface area (Å²) in [5.41, 5.74) is 2.83. The molecule has 0 unspecified atom stereocenters. The summed E-state index contributed by atoms with van der Waals surface area (Å²) in [7, 11) is 1.65. The number of amides is 2. The summed E-state index contributed by atoms with van der Waals surface area (Å²) >= 11 is 0. The summed E-state index contributed by atoms with van der Waals surface area (Å²) in [5.74, 6) is 1.36. The average molecular weight is 430 g/mol. The molecule has 1 aliphatic rings. The first-order valence-electron chi connectivity index (χ1n) is 10.3. The van der Waals surface area contributed by atoms with Crippen LogP contribution in [0.1, 0.15) is 37.5 Å². The van der Waals surface area contributed by atoms with Gasteiger partial charge in [-0.25, -0.2) is 4.39 Å². The highest BCUT2D eigenvalue weighted by Gasteiger charge is 2.37. The van der Waals surface area contributed by atoms with E-state index in [0.717, 1.165) is 5.56 Å². The zero-order chi connectivity index (χ0) is 22.8. The first-order chi connectivity index (χ1) is 15.4. The highest BCUT2D eigenvalue weighted by Crippen LogP contribution is 2.21. The molecule has 1 fully saturated rings. The standard InChI is InChI=1S/C25H23FN4O2/c1-4-18-10-20(12-21(26)11-18)24(31)28(3)22-14-29(15-22)25(32)23-16-30(27-17(23)2)13-19-8-6-5-7-9-19/h1,5-12,16,22H,13-15H2,2-3H3. The maximum Gasteiger partial charge on any atom is 0.257 e. The molecule has 0 atom stereocenters. The van der Waals surface area contributed by atoms with Crippen LogP contribution in [0.5, 0.6) is 0 Å². The predicted molar refractivity (Wildman–Crippen MR) is 119 cm³/mol. The molecule has 2 heterocycles. The Balaban J connectivity index is 1.39. The molecule has 1 saturated heterocycles. The van der Waals surface area contributed by atoms with Gasteiger partial charge in [-0.3, -0.25) is 14.3 Å². The second-order valence-electron chi connectivity index (χ2n) is 7.96. The van der Waals surface area contributed by atoms with Crippen molar-refractivity contribution in [2.24, 2.45) is 0 Å². The number of terminal acetylenes is 1. The van der Waals surface area contributed by atoms with E-state index >= 15 is 0 Å². The summed E-state index contributed by atoms with van der Waals surface area (Å²) in [6, 6.07) is 13.6. The van der Waals surface area contributed by atoms with Crippen LogP contribution in [0, 0.1) is 25.1 Å². The number of benzene rings is 2. The number of hydrogen-bond acceptors (Lipinski definition) is 3. The van der Waals surface area contributed by atoms with Gasteiger partial charge in [0.2, 0.25) is 0 Å². The molecule has 0 bridgehead atoms. The second kappa shape index (κ2) is 8.67. The number of likely N-dealkylation sites (N-methyl/N-ethyl adjacent to an activating group) is 1. The fourth-order valence-corrected chi connectivity index (χ4v) is 3.78. The molecule has 4 rings (SSSR count). The summed E-state index contributed by atoms with van der Waals surface area (Å²) in [6.45, 7) is 3.21. The van der Waals surface area contributed by atoms with Gasteiger partial charge in [-0.15, -0.1) is 6.42 Å². The van der Waals surface area contributed by atoms with Gasteiger partial charge in [0.1, 0.15) is 5.82 Å². The van der Waals surface area contributed by atoms with Crippen molar-refractivity contribution < 1.29 is 14.0 Å². The molecule has 7 heteroatoms. The van der Waals surface area contributed by atoms with E-state index in [1.165, 1.54) is 23.1 Å². The van der Waals surface area contributed by atoms with Crippen LogP contribution in [-0.2, 0) is 6.54 Å². The molecule has 1 aliphatic heterocycles. The molecule has 0 radical (unpaired) electrons. The van der Waals surface area contributed by atoms with Gasteiger partial charge >= 0.3 is 0 Å². The van der Waals surface area contributed by atoms with Crippen LogP contribution >= 0.6 is 0 Å². The number of likely N-dealkylation sites (tertiary alicyclic amines) is 1. The van der Waals surface area contributed by atoms with Crippen molar-refractivity contribution in [2.45, 2.75) is 19.5 Å². The summed E-state index contributed by atoms with van der Waals surface area (Å²) in [4.78, 5) is 28.9. The van der Waals surface area contributed by atoms with Crippen molar-refractivity contribution in [1.82, 2.24) is 19.6 Å². The van der Waals surface area contributed by atoms with Crippen LogP contribution in [0.2, 0.25) is 0 Å². The minimum Gasteiger partial charge on any atom is -0.335 e. The van der Waals surface area contributed by atoms with Gasteiger partial charge in [0, 0.05) is 37.5 Å². The average Bonchev–Trinajstić information content (AvgIpc) is 3.12. The van der Waals surface area contributed by atoms with E-state index in [1.807, 2.05) is 37.3 Å². The third-order valence-corrected chi connectivity index (χ3v) is 5.69. The van der Waals surface area contributed by atoms with Crippen LogP contribution in [0.3, 0.4) is 0 Å². The number of nitrogens with zero attached hydrogens (tertiary/aromatic N) is 4. The number of carbonyl (C=O) groups excluding carboxylic acids is 2. The summed E-state index contributed by atoms with van der Waals surface area (Å²) in [5, 5.41) is 4.47. The van der Waals surface area contributed by atoms with E-state index in [9.17, 15) is 14.0 Å². The van der Waals surface area contributed by atoms with Crippen LogP contribution in [0.15, 0.2) is 54.7 Å². The molecule has 2 aromatic carbocycles. The van der Waals surface area contributed by atoms with Gasteiger partial charge in [-0.1, -0.05) is 36.3 Å². The lowest BCUT2D eigenvalue weighted by molar-refractivity contribution is 0.0296. The van der Waals surface area contributed by atoms with Gasteiger partial charge in [0.05, 0.1) is 23.8 Å². The number of carbonyl (C=O) groups is 2. The quantitative estimate of drug-likeness (QED) is 0.585. The minimum atomic E-state index is -0.550. The Kier molecular flexibility index (Phi) is 5.78.